The first-order chi connectivity index (χ1) is 29.7. The van der Waals surface area contributed by atoms with Crippen LogP contribution < -0.4 is 0 Å². The molecule has 0 aliphatic rings. The van der Waals surface area contributed by atoms with Gasteiger partial charge in [-0.1, -0.05) is 182 Å². The van der Waals surface area contributed by atoms with Crippen molar-refractivity contribution in [3.63, 3.8) is 0 Å². The van der Waals surface area contributed by atoms with E-state index in [2.05, 4.69) is 109 Å². The summed E-state index contributed by atoms with van der Waals surface area (Å²) in [5, 5.41) is 0. The van der Waals surface area contributed by atoms with Gasteiger partial charge < -0.3 is 0 Å². The molecule has 6 aromatic carbocycles. The highest BCUT2D eigenvalue weighted by Gasteiger charge is 2.20. The number of hydrogen-bond donors (Lipinski definition) is 0. The van der Waals surface area contributed by atoms with Gasteiger partial charge in [0, 0.05) is 16.7 Å². The molecule has 0 fully saturated rings. The molecule has 0 amide bonds. The van der Waals surface area contributed by atoms with E-state index < -0.39 is 0 Å². The summed E-state index contributed by atoms with van der Waals surface area (Å²) in [6.07, 6.45) is 0. The standard InChI is InChI=1S/C54H36N6/c1-7-19-37(20-8-1)43-31-46(40-25-13-4-14-26-40)55-49(34-43)52-58-53(50-35-44(38-21-9-2-10-22-38)32-47(56-50)41-27-15-5-16-28-41)60-54(59-52)51-36-45(39-23-11-3-12-24-39)33-48(57-51)42-29-17-6-18-30-42/h1-36H. The molecule has 0 saturated heterocycles. The lowest BCUT2D eigenvalue weighted by atomic mass is 10.0. The summed E-state index contributed by atoms with van der Waals surface area (Å²) >= 11 is 0. The Kier molecular flexibility index (Phi) is 9.84. The Morgan fingerprint density at radius 2 is 0.367 bits per heavy atom. The van der Waals surface area contributed by atoms with Gasteiger partial charge in [0.1, 0.15) is 17.1 Å². The first-order valence-corrected chi connectivity index (χ1v) is 19.9. The Bertz CT molecular complexity index is 2530. The zero-order valence-corrected chi connectivity index (χ0v) is 32.5. The first-order valence-electron chi connectivity index (χ1n) is 19.9. The van der Waals surface area contributed by atoms with Crippen molar-refractivity contribution in [2.24, 2.45) is 0 Å². The molecular formula is C54H36N6. The molecule has 4 aromatic heterocycles. The molecule has 0 atom stereocenters. The van der Waals surface area contributed by atoms with Crippen LogP contribution in [0.2, 0.25) is 0 Å². The van der Waals surface area contributed by atoms with Crippen molar-refractivity contribution in [2.75, 3.05) is 0 Å². The molecule has 0 N–H and O–H groups in total. The lowest BCUT2D eigenvalue weighted by Crippen LogP contribution is -2.05. The maximum atomic E-state index is 5.24. The van der Waals surface area contributed by atoms with Crippen molar-refractivity contribution < 1.29 is 0 Å². The van der Waals surface area contributed by atoms with Crippen molar-refractivity contribution in [2.45, 2.75) is 0 Å². The third kappa shape index (κ3) is 7.73. The van der Waals surface area contributed by atoms with Gasteiger partial charge in [0.05, 0.1) is 17.1 Å². The fourth-order valence-electron chi connectivity index (χ4n) is 7.32. The Balaban J connectivity index is 1.24. The Morgan fingerprint density at radius 3 is 0.600 bits per heavy atom. The molecule has 4 heterocycles. The molecule has 0 spiro atoms. The van der Waals surface area contributed by atoms with E-state index in [0.717, 1.165) is 67.2 Å². The van der Waals surface area contributed by atoms with Crippen molar-refractivity contribution in [1.29, 1.82) is 0 Å². The third-order valence-corrected chi connectivity index (χ3v) is 10.3. The smallest absolute Gasteiger partial charge is 0.182 e. The summed E-state index contributed by atoms with van der Waals surface area (Å²) in [5.74, 6) is 1.23. The highest BCUT2D eigenvalue weighted by molar-refractivity contribution is 5.80. The largest absolute Gasteiger partial charge is 0.244 e. The topological polar surface area (TPSA) is 77.3 Å². The molecule has 0 radical (unpaired) electrons. The molecule has 60 heavy (non-hydrogen) atoms. The molecule has 282 valence electrons. The minimum Gasteiger partial charge on any atom is -0.244 e. The normalized spacial score (nSPS) is 11.0. The quantitative estimate of drug-likeness (QED) is 0.145. The minimum atomic E-state index is 0.409. The molecular weight excluding hydrogens is 733 g/mol. The van der Waals surface area contributed by atoms with Gasteiger partial charge in [0.2, 0.25) is 0 Å². The Labute approximate surface area is 348 Å². The van der Waals surface area contributed by atoms with E-state index in [1.165, 1.54) is 0 Å². The van der Waals surface area contributed by atoms with Gasteiger partial charge in [0.25, 0.3) is 0 Å². The zero-order chi connectivity index (χ0) is 40.1. The van der Waals surface area contributed by atoms with Crippen LogP contribution in [0.15, 0.2) is 218 Å². The number of hydrogen-bond acceptors (Lipinski definition) is 6. The van der Waals surface area contributed by atoms with Crippen LogP contribution in [0.3, 0.4) is 0 Å². The fourth-order valence-corrected chi connectivity index (χ4v) is 7.32. The van der Waals surface area contributed by atoms with Gasteiger partial charge in [-0.2, -0.15) is 0 Å². The lowest BCUT2D eigenvalue weighted by Gasteiger charge is -2.14. The van der Waals surface area contributed by atoms with Gasteiger partial charge in [-0.3, -0.25) is 0 Å². The molecule has 10 aromatic rings. The van der Waals surface area contributed by atoms with Crippen molar-refractivity contribution in [3.8, 4) is 102 Å². The zero-order valence-electron chi connectivity index (χ0n) is 32.5. The molecule has 0 unspecified atom stereocenters. The van der Waals surface area contributed by atoms with Crippen LogP contribution in [0.5, 0.6) is 0 Å². The van der Waals surface area contributed by atoms with Crippen LogP contribution in [0.4, 0.5) is 0 Å². The Morgan fingerprint density at radius 1 is 0.167 bits per heavy atom. The molecule has 0 aliphatic heterocycles. The number of aromatic nitrogens is 6. The first kappa shape index (κ1) is 36.1. The highest BCUT2D eigenvalue weighted by Crippen LogP contribution is 2.35. The van der Waals surface area contributed by atoms with E-state index >= 15 is 0 Å². The van der Waals surface area contributed by atoms with E-state index in [4.69, 9.17) is 29.9 Å². The van der Waals surface area contributed by atoms with Gasteiger partial charge in [-0.15, -0.1) is 0 Å². The van der Waals surface area contributed by atoms with Crippen LogP contribution in [0, 0.1) is 0 Å². The molecule has 10 rings (SSSR count). The fraction of sp³-hybridized carbons (Fsp3) is 0. The number of benzene rings is 6. The second-order valence-corrected chi connectivity index (χ2v) is 14.4. The maximum Gasteiger partial charge on any atom is 0.182 e. The van der Waals surface area contributed by atoms with Crippen LogP contribution >= 0.6 is 0 Å². The summed E-state index contributed by atoms with van der Waals surface area (Å²) in [7, 11) is 0. The van der Waals surface area contributed by atoms with E-state index in [-0.39, 0.29) is 0 Å². The monoisotopic (exact) mass is 768 g/mol. The van der Waals surface area contributed by atoms with E-state index in [1.807, 2.05) is 109 Å². The minimum absolute atomic E-state index is 0.409. The lowest BCUT2D eigenvalue weighted by molar-refractivity contribution is 1.04. The van der Waals surface area contributed by atoms with Gasteiger partial charge in [-0.05, 0) is 69.8 Å². The molecule has 6 heteroatoms. The molecule has 0 bridgehead atoms. The Hall–Kier alpha value is -8.22. The van der Waals surface area contributed by atoms with Crippen LogP contribution in [-0.2, 0) is 0 Å². The van der Waals surface area contributed by atoms with Crippen LogP contribution in [-0.4, -0.2) is 29.9 Å². The van der Waals surface area contributed by atoms with Gasteiger partial charge in [-0.25, -0.2) is 29.9 Å². The van der Waals surface area contributed by atoms with Crippen LogP contribution in [0.25, 0.3) is 102 Å². The summed E-state index contributed by atoms with van der Waals surface area (Å²) in [6, 6.07) is 74.0. The second kappa shape index (κ2) is 16.3. The molecule has 6 nitrogen and oxygen atoms in total. The highest BCUT2D eigenvalue weighted by atomic mass is 15.1. The number of rotatable bonds is 9. The second-order valence-electron chi connectivity index (χ2n) is 14.4. The summed E-state index contributed by atoms with van der Waals surface area (Å²) in [5.41, 5.74) is 13.3. The average molecular weight is 769 g/mol. The van der Waals surface area contributed by atoms with E-state index in [1.54, 1.807) is 0 Å². The average Bonchev–Trinajstić information content (AvgIpc) is 3.35. The van der Waals surface area contributed by atoms with Crippen molar-refractivity contribution in [1.82, 2.24) is 29.9 Å². The van der Waals surface area contributed by atoms with Gasteiger partial charge in [0.15, 0.2) is 17.5 Å². The predicted molar refractivity (Wildman–Crippen MR) is 242 cm³/mol. The molecule has 0 aliphatic carbocycles. The third-order valence-electron chi connectivity index (χ3n) is 10.3. The summed E-state index contributed by atoms with van der Waals surface area (Å²) < 4.78 is 0. The maximum absolute atomic E-state index is 5.24. The number of nitrogens with zero attached hydrogens (tertiary/aromatic N) is 6. The number of pyridine rings is 3. The van der Waals surface area contributed by atoms with Crippen molar-refractivity contribution in [3.05, 3.63) is 218 Å². The summed E-state index contributed by atoms with van der Waals surface area (Å²) in [4.78, 5) is 31.4. The van der Waals surface area contributed by atoms with E-state index in [0.29, 0.717) is 34.6 Å². The SMILES string of the molecule is c1ccc(-c2cc(-c3ccccc3)nc(-c3nc(-c4cc(-c5ccccc5)cc(-c5ccccc5)n4)nc(-c4cc(-c5ccccc5)cc(-c5ccccc5)n4)n3)c2)cc1. The van der Waals surface area contributed by atoms with Crippen molar-refractivity contribution >= 4 is 0 Å². The van der Waals surface area contributed by atoms with Gasteiger partial charge >= 0.3 is 0 Å². The summed E-state index contributed by atoms with van der Waals surface area (Å²) in [6.45, 7) is 0. The molecule has 0 saturated carbocycles. The predicted octanol–water partition coefficient (Wildman–Crippen LogP) is 13.1. The van der Waals surface area contributed by atoms with Crippen LogP contribution in [0.1, 0.15) is 0 Å². The van der Waals surface area contributed by atoms with E-state index in [9.17, 15) is 0 Å².